The van der Waals surface area contributed by atoms with Gasteiger partial charge in [-0.3, -0.25) is 14.4 Å². The Bertz CT molecular complexity index is 876. The molecular formula is C23H31N3O5. The molecule has 3 amide bonds. The van der Waals surface area contributed by atoms with Crippen LogP contribution in [0.4, 0.5) is 0 Å². The van der Waals surface area contributed by atoms with E-state index in [0.29, 0.717) is 49.4 Å². The van der Waals surface area contributed by atoms with Crippen molar-refractivity contribution in [2.45, 2.75) is 51.5 Å². The minimum absolute atomic E-state index is 0.107. The van der Waals surface area contributed by atoms with E-state index in [4.69, 9.17) is 15.2 Å². The van der Waals surface area contributed by atoms with E-state index in [0.717, 1.165) is 18.4 Å². The van der Waals surface area contributed by atoms with Gasteiger partial charge in [-0.05, 0) is 31.7 Å². The van der Waals surface area contributed by atoms with Gasteiger partial charge in [0, 0.05) is 18.5 Å². The lowest BCUT2D eigenvalue weighted by Crippen LogP contribution is -2.55. The van der Waals surface area contributed by atoms with Gasteiger partial charge in [0.15, 0.2) is 0 Å². The molecule has 8 heteroatoms. The van der Waals surface area contributed by atoms with Gasteiger partial charge in [0.05, 0.1) is 25.3 Å². The van der Waals surface area contributed by atoms with Crippen LogP contribution in [-0.2, 0) is 19.1 Å². The molecule has 3 rings (SSSR count). The molecule has 1 saturated carbocycles. The molecule has 1 unspecified atom stereocenters. The maximum atomic E-state index is 13.1. The summed E-state index contributed by atoms with van der Waals surface area (Å²) in [7, 11) is 1.55. The van der Waals surface area contributed by atoms with Crippen LogP contribution in [0, 0.1) is 5.41 Å². The molecule has 1 aromatic carbocycles. The summed E-state index contributed by atoms with van der Waals surface area (Å²) >= 11 is 0. The number of benzene rings is 1. The number of amides is 3. The number of allylic oxidation sites excluding steroid dienone is 1. The first kappa shape index (κ1) is 22.7. The molecule has 31 heavy (non-hydrogen) atoms. The van der Waals surface area contributed by atoms with E-state index in [2.05, 4.69) is 10.6 Å². The van der Waals surface area contributed by atoms with Gasteiger partial charge in [0.1, 0.15) is 16.9 Å². The Hall–Kier alpha value is -3.03. The Morgan fingerprint density at radius 2 is 1.97 bits per heavy atom. The zero-order valence-electron chi connectivity index (χ0n) is 18.2. The summed E-state index contributed by atoms with van der Waals surface area (Å²) in [6.07, 6.45) is 3.75. The zero-order chi connectivity index (χ0) is 22.4. The fourth-order valence-corrected chi connectivity index (χ4v) is 4.14. The first-order valence-electron chi connectivity index (χ1n) is 10.8. The van der Waals surface area contributed by atoms with Gasteiger partial charge in [-0.1, -0.05) is 31.5 Å². The van der Waals surface area contributed by atoms with Gasteiger partial charge in [-0.15, -0.1) is 0 Å². The van der Waals surface area contributed by atoms with Gasteiger partial charge in [0.25, 0.3) is 5.91 Å². The van der Waals surface area contributed by atoms with Crippen LogP contribution < -0.4 is 21.1 Å². The molecule has 2 aliphatic rings. The number of hydrogen-bond acceptors (Lipinski definition) is 5. The predicted molar refractivity (Wildman–Crippen MR) is 115 cm³/mol. The Morgan fingerprint density at radius 3 is 2.58 bits per heavy atom. The molecule has 1 aliphatic heterocycles. The van der Waals surface area contributed by atoms with Crippen molar-refractivity contribution >= 4 is 17.7 Å². The molecule has 0 saturated heterocycles. The summed E-state index contributed by atoms with van der Waals surface area (Å²) in [4.78, 5) is 37.7. The van der Waals surface area contributed by atoms with Gasteiger partial charge in [-0.25, -0.2) is 0 Å². The number of nitrogens with one attached hydrogen (secondary N) is 2. The summed E-state index contributed by atoms with van der Waals surface area (Å²) in [5.41, 5.74) is 5.71. The van der Waals surface area contributed by atoms with Crippen LogP contribution in [0.5, 0.6) is 5.75 Å². The third kappa shape index (κ3) is 4.68. The normalized spacial score (nSPS) is 18.3. The second kappa shape index (κ2) is 9.85. The van der Waals surface area contributed by atoms with Crippen LogP contribution in [0.2, 0.25) is 0 Å². The minimum atomic E-state index is -1.15. The monoisotopic (exact) mass is 429 g/mol. The molecule has 0 aromatic heterocycles. The van der Waals surface area contributed by atoms with Crippen molar-refractivity contribution in [1.82, 2.24) is 10.6 Å². The van der Waals surface area contributed by atoms with E-state index in [1.807, 2.05) is 25.1 Å². The standard InChI is InChI=1S/C23H31N3O5/c1-3-18-16(9-6-13-31-18)20(27)26-17(15-8-4-5-10-19(15)30-2)14-25-22(29)23(21(24)28)11-7-12-23/h4-5,8,10,17H,3,6-7,9,11-14H2,1-2H3,(H2,24,28)(H,25,29)(H,26,27). The van der Waals surface area contributed by atoms with Crippen LogP contribution in [0.15, 0.2) is 35.6 Å². The van der Waals surface area contributed by atoms with Gasteiger partial charge in [0.2, 0.25) is 11.8 Å². The topological polar surface area (TPSA) is 120 Å². The largest absolute Gasteiger partial charge is 0.497 e. The second-order valence-corrected chi connectivity index (χ2v) is 7.99. The summed E-state index contributed by atoms with van der Waals surface area (Å²) in [6, 6.07) is 6.77. The van der Waals surface area contributed by atoms with Crippen molar-refractivity contribution in [2.24, 2.45) is 11.1 Å². The third-order valence-corrected chi connectivity index (χ3v) is 6.18. The molecule has 1 heterocycles. The van der Waals surface area contributed by atoms with Crippen LogP contribution in [-0.4, -0.2) is 38.0 Å². The van der Waals surface area contributed by atoms with Crippen molar-refractivity contribution in [3.63, 3.8) is 0 Å². The first-order chi connectivity index (χ1) is 14.9. The van der Waals surface area contributed by atoms with E-state index >= 15 is 0 Å². The Labute approximate surface area is 182 Å². The fourth-order valence-electron chi connectivity index (χ4n) is 4.14. The highest BCUT2D eigenvalue weighted by atomic mass is 16.5. The highest BCUT2D eigenvalue weighted by molar-refractivity contribution is 6.05. The van der Waals surface area contributed by atoms with Crippen LogP contribution in [0.25, 0.3) is 0 Å². The fraction of sp³-hybridized carbons (Fsp3) is 0.522. The zero-order valence-corrected chi connectivity index (χ0v) is 18.2. The SMILES string of the molecule is CCC1=C(C(=O)NC(CNC(=O)C2(C(N)=O)CCC2)c2ccccc2OC)CCCO1. The molecule has 0 spiro atoms. The number of carbonyl (C=O) groups excluding carboxylic acids is 3. The molecule has 168 valence electrons. The average Bonchev–Trinajstić information content (AvgIpc) is 2.75. The highest BCUT2D eigenvalue weighted by Gasteiger charge is 2.49. The lowest BCUT2D eigenvalue weighted by molar-refractivity contribution is -0.147. The third-order valence-electron chi connectivity index (χ3n) is 6.18. The maximum Gasteiger partial charge on any atom is 0.251 e. The maximum absolute atomic E-state index is 13.1. The van der Waals surface area contributed by atoms with Crippen molar-refractivity contribution in [3.05, 3.63) is 41.2 Å². The van der Waals surface area contributed by atoms with Crippen LogP contribution >= 0.6 is 0 Å². The highest BCUT2D eigenvalue weighted by Crippen LogP contribution is 2.41. The van der Waals surface area contributed by atoms with Crippen LogP contribution in [0.3, 0.4) is 0 Å². The quantitative estimate of drug-likeness (QED) is 0.519. The number of ether oxygens (including phenoxy) is 2. The van der Waals surface area contributed by atoms with Gasteiger partial charge in [-0.2, -0.15) is 0 Å². The molecule has 4 N–H and O–H groups in total. The van der Waals surface area contributed by atoms with Gasteiger partial charge >= 0.3 is 0 Å². The summed E-state index contributed by atoms with van der Waals surface area (Å²) in [5, 5.41) is 5.86. The van der Waals surface area contributed by atoms with Crippen molar-refractivity contribution < 1.29 is 23.9 Å². The number of rotatable bonds is 9. The van der Waals surface area contributed by atoms with Crippen LogP contribution in [0.1, 0.15) is 57.1 Å². The molecule has 0 bridgehead atoms. The van der Waals surface area contributed by atoms with Crippen molar-refractivity contribution in [2.75, 3.05) is 20.3 Å². The summed E-state index contributed by atoms with van der Waals surface area (Å²) in [5.74, 6) is 0.0738. The number of primary amides is 1. The Kier molecular flexibility index (Phi) is 7.20. The van der Waals surface area contributed by atoms with E-state index < -0.39 is 23.3 Å². The van der Waals surface area contributed by atoms with E-state index in [1.54, 1.807) is 13.2 Å². The Balaban J connectivity index is 1.82. The average molecular weight is 430 g/mol. The number of hydrogen-bond donors (Lipinski definition) is 3. The van der Waals surface area contributed by atoms with E-state index in [-0.39, 0.29) is 12.5 Å². The van der Waals surface area contributed by atoms with E-state index in [1.165, 1.54) is 0 Å². The lowest BCUT2D eigenvalue weighted by Gasteiger charge is -2.37. The van der Waals surface area contributed by atoms with Crippen molar-refractivity contribution in [3.8, 4) is 5.75 Å². The lowest BCUT2D eigenvalue weighted by atomic mass is 9.67. The van der Waals surface area contributed by atoms with E-state index in [9.17, 15) is 14.4 Å². The second-order valence-electron chi connectivity index (χ2n) is 7.99. The number of methoxy groups -OCH3 is 1. The smallest absolute Gasteiger partial charge is 0.251 e. The van der Waals surface area contributed by atoms with Crippen molar-refractivity contribution in [1.29, 1.82) is 0 Å². The number of nitrogens with two attached hydrogens (primary N) is 1. The predicted octanol–water partition coefficient (Wildman–Crippen LogP) is 2.10. The van der Waals surface area contributed by atoms with Gasteiger partial charge < -0.3 is 25.8 Å². The summed E-state index contributed by atoms with van der Waals surface area (Å²) in [6.45, 7) is 2.67. The molecule has 0 radical (unpaired) electrons. The molecule has 1 atom stereocenters. The molecular weight excluding hydrogens is 398 g/mol. The molecule has 1 aliphatic carbocycles. The Morgan fingerprint density at radius 1 is 1.23 bits per heavy atom. The molecule has 8 nitrogen and oxygen atoms in total. The first-order valence-corrected chi connectivity index (χ1v) is 10.8. The molecule has 1 aromatic rings. The molecule has 1 fully saturated rings. The number of para-hydroxylation sites is 1. The minimum Gasteiger partial charge on any atom is -0.497 e. The summed E-state index contributed by atoms with van der Waals surface area (Å²) < 4.78 is 11.1. The number of carbonyl (C=O) groups is 3.